The Morgan fingerprint density at radius 3 is 1.68 bits per heavy atom. The van der Waals surface area contributed by atoms with Gasteiger partial charge in [0.05, 0.1) is 0 Å². The van der Waals surface area contributed by atoms with E-state index in [9.17, 15) is 0 Å². The summed E-state index contributed by atoms with van der Waals surface area (Å²) in [5.41, 5.74) is 17.0. The Labute approximate surface area is 402 Å². The van der Waals surface area contributed by atoms with Gasteiger partial charge in [-0.15, -0.1) is 28.8 Å². The van der Waals surface area contributed by atoms with E-state index < -0.39 is 0 Å². The maximum Gasteiger partial charge on any atom is -1.00 e. The molecule has 0 radical (unpaired) electrons. The van der Waals surface area contributed by atoms with Crippen molar-refractivity contribution >= 4 is 3.21 Å². The SMILES string of the molecule is CC(C)(C)c1cc2c([c-]c1-c1ccccc1)Cc1cc(-c3ccccc3)c(C(C)(C)C)cc1-2.CC1[C-]=CC(C2(C)C3CC4CC(C3)CC2C4)=C1.CC[C](=[Zr+2])c1ccccc1.[Cl-].[Cl-]. The monoisotopic (exact) mass is 934 g/mol. The molecule has 0 amide bonds. The van der Waals surface area contributed by atoms with Crippen molar-refractivity contribution in [2.45, 2.75) is 118 Å². The molecule has 0 N–H and O–H groups in total. The summed E-state index contributed by atoms with van der Waals surface area (Å²) in [6.07, 6.45) is 18.1. The summed E-state index contributed by atoms with van der Waals surface area (Å²) < 4.78 is 1.55. The van der Waals surface area contributed by atoms with E-state index in [4.69, 9.17) is 0 Å². The Kier molecular flexibility index (Phi) is 15.3. The molecule has 6 aliphatic carbocycles. The third-order valence-corrected chi connectivity index (χ3v) is 16.3. The smallest absolute Gasteiger partial charge is 1.00 e. The molecule has 5 aromatic carbocycles. The van der Waals surface area contributed by atoms with Crippen molar-refractivity contribution < 1.29 is 49.0 Å². The summed E-state index contributed by atoms with van der Waals surface area (Å²) in [5, 5.41) is 0. The molecule has 0 heterocycles. The first kappa shape index (κ1) is 48.4. The summed E-state index contributed by atoms with van der Waals surface area (Å²) in [4.78, 5) is 0. The van der Waals surface area contributed by atoms with Crippen LogP contribution in [0.2, 0.25) is 0 Å². The molecule has 1 unspecified atom stereocenters. The summed E-state index contributed by atoms with van der Waals surface area (Å²) in [7, 11) is 0. The van der Waals surface area contributed by atoms with Crippen LogP contribution in [0.1, 0.15) is 129 Å². The Morgan fingerprint density at radius 2 is 1.18 bits per heavy atom. The van der Waals surface area contributed by atoms with E-state index in [1.165, 1.54) is 118 Å². The number of hydrogen-bond acceptors (Lipinski definition) is 0. The molecular formula is C59H66Cl2Zr-2. The zero-order valence-corrected chi connectivity index (χ0v) is 42.6. The van der Waals surface area contributed by atoms with Crippen LogP contribution in [0.4, 0.5) is 0 Å². The van der Waals surface area contributed by atoms with Crippen LogP contribution in [-0.4, -0.2) is 3.21 Å². The minimum atomic E-state index is 0. The molecule has 0 aromatic heterocycles. The van der Waals surface area contributed by atoms with Gasteiger partial charge in [-0.1, -0.05) is 156 Å². The molecule has 0 saturated heterocycles. The van der Waals surface area contributed by atoms with E-state index in [0.717, 1.165) is 30.1 Å². The molecule has 0 nitrogen and oxygen atoms in total. The zero-order valence-electron chi connectivity index (χ0n) is 38.6. The fourth-order valence-corrected chi connectivity index (χ4v) is 11.9. The minimum absolute atomic E-state index is 0. The standard InChI is InChI=1S/C33H33.C17H23.C9H10.2ClH.Zr/c1-32(2,3)30-20-26-24(18-28(30)22-13-9-7-10-14-22)17-25-19-29(23-15-11-8-12-16-23)31(21-27(25)26)33(4,5)6;1-11-3-4-14(5-11)17(2)15-7-12-6-13(9-15)10-16(17)8-12;1-2-6-9-7-4-3-5-8-9;;;/h7-16,18,20-21H,17H2,1-6H3;4-5,11-13,15-16H,6-10H2,1-2H3;3-5,7-8H,2H2,1H3;2*1H;/q2*-1;;;;+2/p-2. The van der Waals surface area contributed by atoms with Crippen molar-refractivity contribution in [3.63, 3.8) is 0 Å². The number of allylic oxidation sites excluding steroid dienone is 4. The van der Waals surface area contributed by atoms with E-state index >= 15 is 0 Å². The largest absolute Gasteiger partial charge is 1.00 e. The molecule has 62 heavy (non-hydrogen) atoms. The normalized spacial score (nSPS) is 23.7. The van der Waals surface area contributed by atoms with Gasteiger partial charge in [-0.2, -0.15) is 11.6 Å². The number of hydrogen-bond donors (Lipinski definition) is 0. The first-order chi connectivity index (χ1) is 28.6. The summed E-state index contributed by atoms with van der Waals surface area (Å²) >= 11 is 1.54. The first-order valence-electron chi connectivity index (χ1n) is 23.0. The quantitative estimate of drug-likeness (QED) is 0.151. The van der Waals surface area contributed by atoms with Crippen molar-refractivity contribution in [2.75, 3.05) is 0 Å². The van der Waals surface area contributed by atoms with E-state index in [2.05, 4.69) is 196 Å². The maximum absolute atomic E-state index is 3.88. The van der Waals surface area contributed by atoms with Gasteiger partial charge in [0.25, 0.3) is 0 Å². The van der Waals surface area contributed by atoms with Gasteiger partial charge in [-0.05, 0) is 95.3 Å². The first-order valence-corrected chi connectivity index (χ1v) is 24.2. The van der Waals surface area contributed by atoms with Crippen LogP contribution in [0.25, 0.3) is 33.4 Å². The Balaban J connectivity index is 0.000000183. The molecule has 5 aromatic rings. The van der Waals surface area contributed by atoms with Crippen LogP contribution >= 0.6 is 0 Å². The summed E-state index contributed by atoms with van der Waals surface area (Å²) in [6, 6.07) is 43.4. The second-order valence-electron chi connectivity index (χ2n) is 20.9. The van der Waals surface area contributed by atoms with Gasteiger partial charge in [0.2, 0.25) is 0 Å². The minimum Gasteiger partial charge on any atom is -1.00 e. The van der Waals surface area contributed by atoms with E-state index in [1.54, 1.807) is 15.2 Å². The van der Waals surface area contributed by atoms with Crippen molar-refractivity contribution in [1.82, 2.24) is 0 Å². The molecule has 4 saturated carbocycles. The third-order valence-electron chi connectivity index (χ3n) is 14.7. The number of fused-ring (bicyclic) bond motifs is 3. The van der Waals surface area contributed by atoms with Crippen LogP contribution in [0.3, 0.4) is 0 Å². The summed E-state index contributed by atoms with van der Waals surface area (Å²) in [6.45, 7) is 20.9. The van der Waals surface area contributed by atoms with Crippen molar-refractivity contribution in [2.24, 2.45) is 35.0 Å². The fourth-order valence-electron chi connectivity index (χ4n) is 11.5. The van der Waals surface area contributed by atoms with Crippen molar-refractivity contribution in [1.29, 1.82) is 0 Å². The van der Waals surface area contributed by atoms with Crippen molar-refractivity contribution in [3.8, 4) is 33.4 Å². The second kappa shape index (κ2) is 19.6. The van der Waals surface area contributed by atoms with E-state index in [-0.39, 0.29) is 35.6 Å². The topological polar surface area (TPSA) is 0 Å². The van der Waals surface area contributed by atoms with Crippen LogP contribution in [0.15, 0.2) is 127 Å². The van der Waals surface area contributed by atoms with Gasteiger partial charge < -0.3 is 24.8 Å². The van der Waals surface area contributed by atoms with Crippen LogP contribution < -0.4 is 24.8 Å². The predicted molar refractivity (Wildman–Crippen MR) is 253 cm³/mol. The molecule has 4 fully saturated rings. The average Bonchev–Trinajstić information content (AvgIpc) is 3.85. The number of benzene rings is 5. The summed E-state index contributed by atoms with van der Waals surface area (Å²) in [5.74, 6) is 4.68. The Morgan fingerprint density at radius 1 is 0.661 bits per heavy atom. The average molecular weight is 937 g/mol. The molecule has 0 aliphatic heterocycles. The molecule has 0 spiro atoms. The Bertz CT molecular complexity index is 2260. The maximum atomic E-state index is 3.88. The Hall–Kier alpha value is -3.09. The fraction of sp³-hybridized carbons (Fsp3) is 0.407. The molecule has 1 atom stereocenters. The van der Waals surface area contributed by atoms with Crippen LogP contribution in [-0.2, 0) is 41.5 Å². The predicted octanol–water partition coefficient (Wildman–Crippen LogP) is 9.54. The molecule has 4 bridgehead atoms. The molecule has 322 valence electrons. The van der Waals surface area contributed by atoms with E-state index in [0.29, 0.717) is 11.3 Å². The number of rotatable bonds is 5. The van der Waals surface area contributed by atoms with Crippen molar-refractivity contribution in [3.05, 3.63) is 167 Å². The molecule has 3 heteroatoms. The number of halogens is 2. The van der Waals surface area contributed by atoms with Gasteiger partial charge in [0.1, 0.15) is 0 Å². The molecule has 11 rings (SSSR count). The zero-order chi connectivity index (χ0) is 42.4. The van der Waals surface area contributed by atoms with Gasteiger partial charge >= 0.3 is 76.7 Å². The molecular weight excluding hydrogens is 871 g/mol. The van der Waals surface area contributed by atoms with Crippen LogP contribution in [0, 0.1) is 47.1 Å². The van der Waals surface area contributed by atoms with Crippen LogP contribution in [0.5, 0.6) is 0 Å². The molecule has 6 aliphatic rings. The second-order valence-corrected chi connectivity index (χ2v) is 22.4. The van der Waals surface area contributed by atoms with Gasteiger partial charge in [0, 0.05) is 0 Å². The third kappa shape index (κ3) is 9.92. The van der Waals surface area contributed by atoms with E-state index in [1.807, 2.05) is 0 Å². The van der Waals surface area contributed by atoms with Gasteiger partial charge in [-0.3, -0.25) is 6.08 Å². The van der Waals surface area contributed by atoms with Gasteiger partial charge in [0.15, 0.2) is 0 Å². The van der Waals surface area contributed by atoms with Gasteiger partial charge in [-0.25, -0.2) is 6.08 Å².